The van der Waals surface area contributed by atoms with Crippen LogP contribution >= 0.6 is 0 Å². The van der Waals surface area contributed by atoms with Crippen LogP contribution < -0.4 is 14.4 Å². The number of nitrogens with one attached hydrogen (secondary N) is 1. The number of aryl methyl sites for hydroxylation is 1. The number of terminal acetylenes is 1. The molecule has 0 fully saturated rings. The number of hydrogen-bond acceptors (Lipinski definition) is 7. The van der Waals surface area contributed by atoms with E-state index in [1.807, 2.05) is 49.1 Å². The summed E-state index contributed by atoms with van der Waals surface area (Å²) in [5.74, 6) is 2.95. The van der Waals surface area contributed by atoms with Gasteiger partial charge in [0.15, 0.2) is 0 Å². The summed E-state index contributed by atoms with van der Waals surface area (Å²) in [4.78, 5) is 14.1. The van der Waals surface area contributed by atoms with E-state index in [0.717, 1.165) is 16.6 Å². The average Bonchev–Trinajstić information content (AvgIpc) is 2.90. The molecule has 0 amide bonds. The van der Waals surface area contributed by atoms with Gasteiger partial charge in [0.1, 0.15) is 12.4 Å². The lowest BCUT2D eigenvalue weighted by Crippen LogP contribution is -2.35. The summed E-state index contributed by atoms with van der Waals surface area (Å²) >= 11 is 0. The Morgan fingerprint density at radius 1 is 1.05 bits per heavy atom. The number of methoxy groups -OCH3 is 2. The topological polar surface area (TPSA) is 94.2 Å². The molecule has 0 heterocycles. The highest BCUT2D eigenvalue weighted by Gasteiger charge is 2.25. The first kappa shape index (κ1) is 29.8. The first-order valence-electron chi connectivity index (χ1n) is 12.6. The lowest BCUT2D eigenvalue weighted by molar-refractivity contribution is -0.140. The van der Waals surface area contributed by atoms with Crippen LogP contribution in [-0.2, 0) is 24.3 Å². The van der Waals surface area contributed by atoms with Crippen molar-refractivity contribution in [1.82, 2.24) is 0 Å². The van der Waals surface area contributed by atoms with Gasteiger partial charge in [-0.1, -0.05) is 30.2 Å². The monoisotopic (exact) mass is 552 g/mol. The summed E-state index contributed by atoms with van der Waals surface area (Å²) in [6.45, 7) is 8.35. The molecule has 0 aliphatic carbocycles. The zero-order valence-electron chi connectivity index (χ0n) is 23.3. The Morgan fingerprint density at radius 2 is 1.74 bits per heavy atom. The molecule has 9 heteroatoms. The highest BCUT2D eigenvalue weighted by molar-refractivity contribution is 7.92. The van der Waals surface area contributed by atoms with Gasteiger partial charge in [-0.05, 0) is 62.6 Å². The van der Waals surface area contributed by atoms with Crippen molar-refractivity contribution in [2.24, 2.45) is 0 Å². The Labute approximate surface area is 231 Å². The Balaban J connectivity index is 2.04. The summed E-state index contributed by atoms with van der Waals surface area (Å²) in [5, 5.41) is 1.51. The van der Waals surface area contributed by atoms with Gasteiger partial charge in [0.2, 0.25) is 0 Å². The van der Waals surface area contributed by atoms with Gasteiger partial charge in [-0.3, -0.25) is 9.52 Å². The van der Waals surface area contributed by atoms with E-state index in [4.69, 9.17) is 20.6 Å². The van der Waals surface area contributed by atoms with E-state index in [0.29, 0.717) is 41.2 Å². The first-order valence-corrected chi connectivity index (χ1v) is 14.1. The fourth-order valence-corrected chi connectivity index (χ4v) is 6.26. The Hall–Kier alpha value is -3.74. The number of carbonyl (C=O) groups excluding carboxylic acids is 1. The molecule has 8 nitrogen and oxygen atoms in total. The molecule has 0 saturated heterocycles. The summed E-state index contributed by atoms with van der Waals surface area (Å²) in [7, 11) is -0.999. The van der Waals surface area contributed by atoms with Crippen molar-refractivity contribution < 1.29 is 27.4 Å². The van der Waals surface area contributed by atoms with Crippen LogP contribution in [0, 0.1) is 33.1 Å². The number of rotatable bonds is 12. The van der Waals surface area contributed by atoms with Crippen molar-refractivity contribution in [3.8, 4) is 18.1 Å². The van der Waals surface area contributed by atoms with Gasteiger partial charge in [0.25, 0.3) is 10.0 Å². The van der Waals surface area contributed by atoms with Crippen LogP contribution in [0.25, 0.3) is 10.8 Å². The maximum absolute atomic E-state index is 13.7. The van der Waals surface area contributed by atoms with Crippen molar-refractivity contribution in [3.05, 3.63) is 59.2 Å². The quantitative estimate of drug-likeness (QED) is 0.192. The smallest absolute Gasteiger partial charge is 0.307 e. The summed E-state index contributed by atoms with van der Waals surface area (Å²) in [6, 6.07) is 12.5. The first-order chi connectivity index (χ1) is 18.5. The van der Waals surface area contributed by atoms with Crippen molar-refractivity contribution >= 4 is 38.1 Å². The van der Waals surface area contributed by atoms with Gasteiger partial charge in [0, 0.05) is 29.6 Å². The highest BCUT2D eigenvalue weighted by atomic mass is 32.2. The number of esters is 1. The number of benzene rings is 3. The lowest BCUT2D eigenvalue weighted by atomic mass is 10.0. The minimum Gasteiger partial charge on any atom is -0.491 e. The average molecular weight is 553 g/mol. The molecule has 1 N–H and O–H groups in total. The van der Waals surface area contributed by atoms with Gasteiger partial charge in [-0.25, -0.2) is 8.42 Å². The molecule has 0 saturated carbocycles. The number of nitrogens with zero attached hydrogens (tertiary/aromatic N) is 1. The van der Waals surface area contributed by atoms with E-state index in [1.165, 1.54) is 7.11 Å². The second-order valence-corrected chi connectivity index (χ2v) is 11.0. The van der Waals surface area contributed by atoms with E-state index in [2.05, 4.69) is 10.6 Å². The van der Waals surface area contributed by atoms with E-state index in [-0.39, 0.29) is 29.9 Å². The molecule has 3 aromatic carbocycles. The molecule has 3 aromatic rings. The third-order valence-electron chi connectivity index (χ3n) is 6.73. The van der Waals surface area contributed by atoms with Crippen molar-refractivity contribution in [1.29, 1.82) is 0 Å². The van der Waals surface area contributed by atoms with Gasteiger partial charge in [-0.2, -0.15) is 0 Å². The molecule has 0 aliphatic rings. The van der Waals surface area contributed by atoms with Crippen LogP contribution in [-0.4, -0.2) is 54.4 Å². The Bertz CT molecular complexity index is 1490. The SMILES string of the molecule is C#CCN(c1ccc(NS(=O)(=O)c2c(C)cc(OCCOC)c(C)c2C)c2ccccc12)[C@@H](C)CC(=O)OC. The highest BCUT2D eigenvalue weighted by Crippen LogP contribution is 2.36. The third kappa shape index (κ3) is 6.64. The Morgan fingerprint density at radius 3 is 2.38 bits per heavy atom. The molecule has 0 bridgehead atoms. The van der Waals surface area contributed by atoms with E-state index in [9.17, 15) is 13.2 Å². The van der Waals surface area contributed by atoms with E-state index in [1.54, 1.807) is 33.1 Å². The molecule has 39 heavy (non-hydrogen) atoms. The maximum Gasteiger partial charge on any atom is 0.307 e. The predicted octanol–water partition coefficient (Wildman–Crippen LogP) is 4.98. The molecule has 0 unspecified atom stereocenters. The van der Waals surface area contributed by atoms with Crippen LogP contribution in [0.1, 0.15) is 30.0 Å². The fourth-order valence-electron chi connectivity index (χ4n) is 4.65. The number of carbonyl (C=O) groups is 1. The second-order valence-electron chi connectivity index (χ2n) is 9.36. The van der Waals surface area contributed by atoms with Gasteiger partial charge in [0.05, 0.1) is 37.3 Å². The molecule has 0 spiro atoms. The molecular weight excluding hydrogens is 516 g/mol. The van der Waals surface area contributed by atoms with Crippen molar-refractivity contribution in [2.75, 3.05) is 43.6 Å². The molecular formula is C30H36N2O6S. The summed E-state index contributed by atoms with van der Waals surface area (Å²) in [6.07, 6.45) is 5.82. The van der Waals surface area contributed by atoms with Crippen LogP contribution in [0.2, 0.25) is 0 Å². The minimum absolute atomic E-state index is 0.157. The Kier molecular flexibility index (Phi) is 9.84. The second kappa shape index (κ2) is 12.9. The fraction of sp³-hybridized carbons (Fsp3) is 0.367. The largest absolute Gasteiger partial charge is 0.491 e. The zero-order valence-corrected chi connectivity index (χ0v) is 24.1. The molecule has 0 radical (unpaired) electrons. The molecule has 208 valence electrons. The van der Waals surface area contributed by atoms with Crippen LogP contribution in [0.5, 0.6) is 5.75 Å². The minimum atomic E-state index is -3.95. The van der Waals surface area contributed by atoms with E-state index >= 15 is 0 Å². The van der Waals surface area contributed by atoms with Gasteiger partial charge < -0.3 is 19.1 Å². The normalized spacial score (nSPS) is 12.0. The number of sulfonamides is 1. The number of fused-ring (bicyclic) bond motifs is 1. The number of hydrogen-bond donors (Lipinski definition) is 1. The van der Waals surface area contributed by atoms with Gasteiger partial charge >= 0.3 is 5.97 Å². The van der Waals surface area contributed by atoms with Crippen LogP contribution in [0.15, 0.2) is 47.4 Å². The number of anilines is 2. The van der Waals surface area contributed by atoms with Crippen molar-refractivity contribution in [3.63, 3.8) is 0 Å². The zero-order chi connectivity index (χ0) is 28.7. The van der Waals surface area contributed by atoms with Crippen molar-refractivity contribution in [2.45, 2.75) is 45.1 Å². The lowest BCUT2D eigenvalue weighted by Gasteiger charge is -2.30. The van der Waals surface area contributed by atoms with E-state index < -0.39 is 10.0 Å². The predicted molar refractivity (Wildman–Crippen MR) is 155 cm³/mol. The van der Waals surface area contributed by atoms with Gasteiger partial charge in [-0.15, -0.1) is 6.42 Å². The molecule has 3 rings (SSSR count). The molecule has 0 aliphatic heterocycles. The summed E-state index contributed by atoms with van der Waals surface area (Å²) < 4.78 is 46.0. The number of ether oxygens (including phenoxy) is 3. The molecule has 0 aromatic heterocycles. The standard InChI is InChI=1S/C30H36N2O6S/c1-8-15-32(21(3)19-29(33)37-7)27-14-13-26(24-11-9-10-12-25(24)27)31-39(34,35)30-20(2)18-28(22(4)23(30)5)38-17-16-36-6/h1,9-14,18,21,31H,15-17,19H2,2-7H3/t21-/m0/s1. The summed E-state index contributed by atoms with van der Waals surface area (Å²) in [5.41, 5.74) is 3.18. The van der Waals surface area contributed by atoms with Crippen LogP contribution in [0.4, 0.5) is 11.4 Å². The maximum atomic E-state index is 13.7. The van der Waals surface area contributed by atoms with Crippen LogP contribution in [0.3, 0.4) is 0 Å². The third-order valence-corrected chi connectivity index (χ3v) is 8.38. The molecule has 1 atom stereocenters.